The first-order valence-electron chi connectivity index (χ1n) is 6.26. The molecule has 3 rings (SSSR count). The number of pyridine rings is 1. The molecule has 9 heteroatoms. The van der Waals surface area contributed by atoms with E-state index in [0.29, 0.717) is 0 Å². The number of halogens is 3. The molecule has 120 valence electrons. The molecule has 2 aromatic rings. The molecule has 0 bridgehead atoms. The Labute approximate surface area is 133 Å². The lowest BCUT2D eigenvalue weighted by Gasteiger charge is -2.11. The largest absolute Gasteiger partial charge is 0.464 e. The predicted molar refractivity (Wildman–Crippen MR) is 76.5 cm³/mol. The fourth-order valence-corrected chi connectivity index (χ4v) is 2.27. The number of methoxy groups -OCH3 is 1. The Hall–Kier alpha value is -2.61. The van der Waals surface area contributed by atoms with Gasteiger partial charge in [0.15, 0.2) is 23.0 Å². The molecule has 6 nitrogen and oxygen atoms in total. The van der Waals surface area contributed by atoms with Gasteiger partial charge in [-0.25, -0.2) is 18.6 Å². The van der Waals surface area contributed by atoms with Crippen molar-refractivity contribution >= 4 is 23.3 Å². The van der Waals surface area contributed by atoms with Crippen molar-refractivity contribution in [2.45, 2.75) is 0 Å². The molecule has 0 unspecified atom stereocenters. The standard InChI is InChI=1S/C14H9ClF2N2O4/c1-21-14(20)13-9(15)11(18)10(17)12(19-13)5-2-7-8(3-6(5)16)23-4-22-7/h2-3H,4H2,1H3,(H2,18,19). The number of hydrogen-bond donors (Lipinski definition) is 1. The molecule has 0 saturated carbocycles. The highest BCUT2D eigenvalue weighted by molar-refractivity contribution is 6.35. The molecule has 23 heavy (non-hydrogen) atoms. The van der Waals surface area contributed by atoms with Crippen LogP contribution >= 0.6 is 11.6 Å². The number of carbonyl (C=O) groups is 1. The number of nitrogen functional groups attached to an aromatic ring is 1. The van der Waals surface area contributed by atoms with Gasteiger partial charge >= 0.3 is 5.97 Å². The molecule has 0 spiro atoms. The van der Waals surface area contributed by atoms with E-state index in [0.717, 1.165) is 13.2 Å². The van der Waals surface area contributed by atoms with E-state index in [4.69, 9.17) is 26.8 Å². The van der Waals surface area contributed by atoms with Crippen LogP contribution in [-0.4, -0.2) is 24.9 Å². The number of benzene rings is 1. The first-order valence-corrected chi connectivity index (χ1v) is 6.64. The van der Waals surface area contributed by atoms with Crippen LogP contribution in [0.15, 0.2) is 12.1 Å². The van der Waals surface area contributed by atoms with Gasteiger partial charge in [-0.2, -0.15) is 0 Å². The summed E-state index contributed by atoms with van der Waals surface area (Å²) in [6.07, 6.45) is 0. The van der Waals surface area contributed by atoms with Crippen LogP contribution < -0.4 is 15.2 Å². The SMILES string of the molecule is COC(=O)c1nc(-c2cc3c(cc2F)OCO3)c(F)c(N)c1Cl. The molecular formula is C14H9ClF2N2O4. The summed E-state index contributed by atoms with van der Waals surface area (Å²) < 4.78 is 43.2. The average molecular weight is 343 g/mol. The van der Waals surface area contributed by atoms with Crippen molar-refractivity contribution in [3.8, 4) is 22.8 Å². The molecular weight excluding hydrogens is 334 g/mol. The van der Waals surface area contributed by atoms with E-state index < -0.39 is 39.7 Å². The van der Waals surface area contributed by atoms with E-state index in [-0.39, 0.29) is 23.9 Å². The van der Waals surface area contributed by atoms with Crippen molar-refractivity contribution in [2.75, 3.05) is 19.6 Å². The maximum absolute atomic E-state index is 14.4. The molecule has 0 atom stereocenters. The summed E-state index contributed by atoms with van der Waals surface area (Å²) in [6.45, 7) is -0.0791. The van der Waals surface area contributed by atoms with Crippen molar-refractivity contribution < 1.29 is 27.8 Å². The molecule has 1 aromatic heterocycles. The first kappa shape index (κ1) is 15.3. The number of carbonyl (C=O) groups excluding carboxylic acids is 1. The third kappa shape index (κ3) is 2.40. The summed E-state index contributed by atoms with van der Waals surface area (Å²) in [6, 6.07) is 2.24. The van der Waals surface area contributed by atoms with Crippen LogP contribution in [0.2, 0.25) is 5.02 Å². The lowest BCUT2D eigenvalue weighted by molar-refractivity contribution is 0.0594. The topological polar surface area (TPSA) is 83.7 Å². The number of anilines is 1. The van der Waals surface area contributed by atoms with Crippen LogP contribution in [0.4, 0.5) is 14.5 Å². The second-order valence-electron chi connectivity index (χ2n) is 4.53. The van der Waals surface area contributed by atoms with Gasteiger partial charge in [0.1, 0.15) is 11.5 Å². The Morgan fingerprint density at radius 1 is 1.35 bits per heavy atom. The third-order valence-electron chi connectivity index (χ3n) is 3.21. The van der Waals surface area contributed by atoms with Crippen LogP contribution in [0.5, 0.6) is 11.5 Å². The minimum atomic E-state index is -1.06. The Morgan fingerprint density at radius 3 is 2.65 bits per heavy atom. The summed E-state index contributed by atoms with van der Waals surface area (Å²) in [5, 5.41) is -0.403. The second-order valence-corrected chi connectivity index (χ2v) is 4.91. The van der Waals surface area contributed by atoms with Gasteiger partial charge in [-0.15, -0.1) is 0 Å². The van der Waals surface area contributed by atoms with E-state index in [2.05, 4.69) is 9.72 Å². The lowest BCUT2D eigenvalue weighted by Crippen LogP contribution is -2.10. The van der Waals surface area contributed by atoms with Gasteiger partial charge in [-0.1, -0.05) is 11.6 Å². The predicted octanol–water partition coefficient (Wildman–Crippen LogP) is 2.78. The third-order valence-corrected chi connectivity index (χ3v) is 3.59. The van der Waals surface area contributed by atoms with Crippen molar-refractivity contribution in [3.63, 3.8) is 0 Å². The highest BCUT2D eigenvalue weighted by Gasteiger charge is 2.26. The fraction of sp³-hybridized carbons (Fsp3) is 0.143. The lowest BCUT2D eigenvalue weighted by atomic mass is 10.1. The molecule has 0 saturated heterocycles. The molecule has 1 aliphatic heterocycles. The number of nitrogens with zero attached hydrogens (tertiary/aromatic N) is 1. The quantitative estimate of drug-likeness (QED) is 0.845. The van der Waals surface area contributed by atoms with Crippen LogP contribution in [0.1, 0.15) is 10.5 Å². The first-order chi connectivity index (χ1) is 10.9. The molecule has 2 N–H and O–H groups in total. The van der Waals surface area contributed by atoms with E-state index in [1.165, 1.54) is 6.07 Å². The second kappa shape index (κ2) is 5.54. The number of fused-ring (bicyclic) bond motifs is 1. The number of esters is 1. The number of hydrogen-bond acceptors (Lipinski definition) is 6. The molecule has 0 radical (unpaired) electrons. The number of aromatic nitrogens is 1. The summed E-state index contributed by atoms with van der Waals surface area (Å²) >= 11 is 5.80. The number of nitrogens with two attached hydrogens (primary N) is 1. The van der Waals surface area contributed by atoms with Crippen molar-refractivity contribution in [2.24, 2.45) is 0 Å². The van der Waals surface area contributed by atoms with Gasteiger partial charge in [0.2, 0.25) is 6.79 Å². The van der Waals surface area contributed by atoms with Crippen molar-refractivity contribution in [1.82, 2.24) is 4.98 Å². The van der Waals surface area contributed by atoms with Gasteiger partial charge in [0.05, 0.1) is 17.8 Å². The molecule has 1 aliphatic rings. The van der Waals surface area contributed by atoms with Crippen LogP contribution in [0.3, 0.4) is 0 Å². The van der Waals surface area contributed by atoms with E-state index in [1.807, 2.05) is 0 Å². The Bertz CT molecular complexity index is 829. The zero-order valence-electron chi connectivity index (χ0n) is 11.7. The normalized spacial score (nSPS) is 12.3. The average Bonchev–Trinajstić information content (AvgIpc) is 2.99. The number of rotatable bonds is 2. The van der Waals surface area contributed by atoms with E-state index >= 15 is 0 Å². The Kier molecular flexibility index (Phi) is 3.69. The summed E-state index contributed by atoms with van der Waals surface area (Å²) in [5.74, 6) is -2.40. The summed E-state index contributed by atoms with van der Waals surface area (Å²) in [7, 11) is 1.10. The van der Waals surface area contributed by atoms with Crippen LogP contribution in [0, 0.1) is 11.6 Å². The smallest absolute Gasteiger partial charge is 0.358 e. The monoisotopic (exact) mass is 342 g/mol. The zero-order chi connectivity index (χ0) is 16.7. The van der Waals surface area contributed by atoms with Crippen molar-refractivity contribution in [3.05, 3.63) is 34.5 Å². The molecule has 0 amide bonds. The molecule has 0 aliphatic carbocycles. The van der Waals surface area contributed by atoms with Crippen molar-refractivity contribution in [1.29, 1.82) is 0 Å². The Balaban J connectivity index is 2.24. The molecule has 2 heterocycles. The highest BCUT2D eigenvalue weighted by atomic mass is 35.5. The van der Waals surface area contributed by atoms with Gasteiger partial charge in [0.25, 0.3) is 0 Å². The van der Waals surface area contributed by atoms with Crippen LogP contribution in [-0.2, 0) is 4.74 Å². The van der Waals surface area contributed by atoms with Crippen LogP contribution in [0.25, 0.3) is 11.3 Å². The zero-order valence-corrected chi connectivity index (χ0v) is 12.4. The maximum atomic E-state index is 14.4. The summed E-state index contributed by atoms with van der Waals surface area (Å²) in [5.41, 5.74) is 3.86. The minimum Gasteiger partial charge on any atom is -0.464 e. The molecule has 1 aromatic carbocycles. The highest BCUT2D eigenvalue weighted by Crippen LogP contribution is 2.40. The van der Waals surface area contributed by atoms with E-state index in [1.54, 1.807) is 0 Å². The van der Waals surface area contributed by atoms with Gasteiger partial charge < -0.3 is 19.9 Å². The minimum absolute atomic E-state index is 0.0791. The van der Waals surface area contributed by atoms with Gasteiger partial charge in [0, 0.05) is 11.6 Å². The molecule has 0 fully saturated rings. The fourth-order valence-electron chi connectivity index (χ4n) is 2.07. The number of ether oxygens (including phenoxy) is 3. The van der Waals surface area contributed by atoms with Gasteiger partial charge in [-0.3, -0.25) is 0 Å². The van der Waals surface area contributed by atoms with E-state index in [9.17, 15) is 13.6 Å². The summed E-state index contributed by atoms with van der Waals surface area (Å²) in [4.78, 5) is 15.4. The maximum Gasteiger partial charge on any atom is 0.358 e. The Morgan fingerprint density at radius 2 is 2.00 bits per heavy atom. The van der Waals surface area contributed by atoms with Gasteiger partial charge in [-0.05, 0) is 6.07 Å².